The Morgan fingerprint density at radius 1 is 1.11 bits per heavy atom. The molecule has 5 nitrogen and oxygen atoms in total. The summed E-state index contributed by atoms with van der Waals surface area (Å²) in [6, 6.07) is 5.01. The molecule has 0 saturated heterocycles. The third-order valence-corrected chi connectivity index (χ3v) is 2.66. The fourth-order valence-corrected chi connectivity index (χ4v) is 1.86. The van der Waals surface area contributed by atoms with Crippen LogP contribution >= 0.6 is 0 Å². The van der Waals surface area contributed by atoms with Crippen molar-refractivity contribution in [3.05, 3.63) is 34.1 Å². The quantitative estimate of drug-likeness (QED) is 0.837. The predicted molar refractivity (Wildman–Crippen MR) is 72.3 cm³/mol. The van der Waals surface area contributed by atoms with Gasteiger partial charge in [0.1, 0.15) is 0 Å². The lowest BCUT2D eigenvalue weighted by Gasteiger charge is -2.12. The maximum absolute atomic E-state index is 11.6. The van der Waals surface area contributed by atoms with Crippen LogP contribution in [-0.4, -0.2) is 24.5 Å². The normalized spacial score (nSPS) is 10.4. The highest BCUT2D eigenvalue weighted by atomic mass is 16.5. The molecule has 0 radical (unpaired) electrons. The first-order chi connectivity index (χ1) is 9.19. The van der Waals surface area contributed by atoms with Gasteiger partial charge in [0.25, 0.3) is 5.56 Å². The number of H-pyrrole nitrogens is 1. The van der Waals surface area contributed by atoms with Crippen LogP contribution in [0.1, 0.15) is 24.2 Å². The van der Waals surface area contributed by atoms with Crippen LogP contribution in [0, 0.1) is 0 Å². The molecule has 0 aliphatic carbocycles. The van der Waals surface area contributed by atoms with E-state index < -0.39 is 5.56 Å². The number of aromatic amines is 1. The molecule has 0 unspecified atom stereocenters. The average molecular weight is 261 g/mol. The molecule has 2 aromatic rings. The molecule has 0 spiro atoms. The van der Waals surface area contributed by atoms with Crippen molar-refractivity contribution in [2.24, 2.45) is 0 Å². The Morgan fingerprint density at radius 3 is 2.32 bits per heavy atom. The van der Waals surface area contributed by atoms with Crippen molar-refractivity contribution in [2.75, 3.05) is 13.2 Å². The van der Waals surface area contributed by atoms with E-state index in [1.54, 1.807) is 18.2 Å². The molecule has 2 rings (SSSR count). The third kappa shape index (κ3) is 2.59. The minimum atomic E-state index is -0.408. The van der Waals surface area contributed by atoms with Crippen molar-refractivity contribution in [3.63, 3.8) is 0 Å². The summed E-state index contributed by atoms with van der Waals surface area (Å²) in [7, 11) is 0. The van der Waals surface area contributed by atoms with E-state index >= 15 is 0 Å². The van der Waals surface area contributed by atoms with Crippen LogP contribution in [-0.2, 0) is 0 Å². The lowest BCUT2D eigenvalue weighted by Crippen LogP contribution is -2.11. The van der Waals surface area contributed by atoms with Gasteiger partial charge in [-0.25, -0.2) is 0 Å². The lowest BCUT2D eigenvalue weighted by atomic mass is 10.1. The minimum Gasteiger partial charge on any atom is -0.490 e. The van der Waals surface area contributed by atoms with Crippen LogP contribution in [0.25, 0.3) is 10.9 Å². The number of aldehydes is 1. The number of ether oxygens (including phenoxy) is 2. The largest absolute Gasteiger partial charge is 0.490 e. The zero-order chi connectivity index (χ0) is 13.8. The molecule has 0 bridgehead atoms. The minimum absolute atomic E-state index is 0.0964. The molecule has 0 aliphatic rings. The summed E-state index contributed by atoms with van der Waals surface area (Å²) in [6.07, 6.45) is 0.537. The SMILES string of the molecule is CCOc1cc2cc(C=O)c(=O)[nH]c2cc1OCC. The number of pyridine rings is 1. The highest BCUT2D eigenvalue weighted by Gasteiger charge is 2.09. The van der Waals surface area contributed by atoms with Gasteiger partial charge in [-0.15, -0.1) is 0 Å². The predicted octanol–water partition coefficient (Wildman–Crippen LogP) is 2.14. The van der Waals surface area contributed by atoms with Gasteiger partial charge in [0.15, 0.2) is 17.8 Å². The molecule has 1 aromatic carbocycles. The number of hydrogen-bond acceptors (Lipinski definition) is 4. The molecule has 0 atom stereocenters. The fraction of sp³-hybridized carbons (Fsp3) is 0.286. The molecule has 19 heavy (non-hydrogen) atoms. The summed E-state index contributed by atoms with van der Waals surface area (Å²) in [5.41, 5.74) is 0.302. The van der Waals surface area contributed by atoms with Gasteiger partial charge in [0.2, 0.25) is 0 Å². The summed E-state index contributed by atoms with van der Waals surface area (Å²) in [5.74, 6) is 1.17. The fourth-order valence-electron chi connectivity index (χ4n) is 1.86. The van der Waals surface area contributed by atoms with Crippen molar-refractivity contribution < 1.29 is 14.3 Å². The van der Waals surface area contributed by atoms with E-state index in [1.165, 1.54) is 0 Å². The second-order valence-corrected chi connectivity index (χ2v) is 3.92. The number of rotatable bonds is 5. The van der Waals surface area contributed by atoms with Gasteiger partial charge in [0.05, 0.1) is 24.3 Å². The summed E-state index contributed by atoms with van der Waals surface area (Å²) < 4.78 is 11.0. The summed E-state index contributed by atoms with van der Waals surface area (Å²) in [5, 5.41) is 0.730. The Balaban J connectivity index is 2.66. The molecule has 0 amide bonds. The summed E-state index contributed by atoms with van der Waals surface area (Å²) in [4.78, 5) is 25.0. The first-order valence-electron chi connectivity index (χ1n) is 6.11. The summed E-state index contributed by atoms with van der Waals surface area (Å²) in [6.45, 7) is 4.76. The third-order valence-electron chi connectivity index (χ3n) is 2.66. The second kappa shape index (κ2) is 5.56. The Labute approximate surface area is 110 Å². The number of hydrogen-bond donors (Lipinski definition) is 1. The zero-order valence-electron chi connectivity index (χ0n) is 10.9. The Hall–Kier alpha value is -2.30. The van der Waals surface area contributed by atoms with Crippen molar-refractivity contribution in [3.8, 4) is 11.5 Å². The lowest BCUT2D eigenvalue weighted by molar-refractivity contribution is 0.112. The van der Waals surface area contributed by atoms with Gasteiger partial charge in [-0.2, -0.15) is 0 Å². The smallest absolute Gasteiger partial charge is 0.259 e. The van der Waals surface area contributed by atoms with E-state index in [-0.39, 0.29) is 5.56 Å². The van der Waals surface area contributed by atoms with E-state index in [0.29, 0.717) is 36.5 Å². The van der Waals surface area contributed by atoms with Crippen molar-refractivity contribution >= 4 is 17.2 Å². The highest BCUT2D eigenvalue weighted by molar-refractivity contribution is 5.87. The van der Waals surface area contributed by atoms with E-state index in [1.807, 2.05) is 13.8 Å². The van der Waals surface area contributed by atoms with E-state index in [0.717, 1.165) is 5.39 Å². The Morgan fingerprint density at radius 2 is 1.74 bits per heavy atom. The van der Waals surface area contributed by atoms with Gasteiger partial charge in [-0.05, 0) is 26.0 Å². The van der Waals surface area contributed by atoms with Crippen LogP contribution < -0.4 is 15.0 Å². The Kier molecular flexibility index (Phi) is 3.85. The highest BCUT2D eigenvalue weighted by Crippen LogP contribution is 2.31. The number of benzene rings is 1. The van der Waals surface area contributed by atoms with Crippen LogP contribution in [0.4, 0.5) is 0 Å². The van der Waals surface area contributed by atoms with Crippen molar-refractivity contribution in [1.82, 2.24) is 4.98 Å². The van der Waals surface area contributed by atoms with Gasteiger partial charge in [-0.1, -0.05) is 0 Å². The molecule has 0 aliphatic heterocycles. The van der Waals surface area contributed by atoms with Crippen LogP contribution in [0.2, 0.25) is 0 Å². The molecule has 0 fully saturated rings. The molecule has 5 heteroatoms. The standard InChI is InChI=1S/C14H15NO4/c1-3-18-12-6-9-5-10(8-16)14(17)15-11(9)7-13(12)19-4-2/h5-8H,3-4H2,1-2H3,(H,15,17). The summed E-state index contributed by atoms with van der Waals surface area (Å²) >= 11 is 0. The molecule has 1 heterocycles. The number of aromatic nitrogens is 1. The number of carbonyl (C=O) groups excluding carboxylic acids is 1. The molecular weight excluding hydrogens is 246 g/mol. The second-order valence-electron chi connectivity index (χ2n) is 3.92. The first-order valence-corrected chi connectivity index (χ1v) is 6.11. The van der Waals surface area contributed by atoms with Crippen molar-refractivity contribution in [2.45, 2.75) is 13.8 Å². The zero-order valence-corrected chi connectivity index (χ0v) is 10.9. The van der Waals surface area contributed by atoms with E-state index in [2.05, 4.69) is 4.98 Å². The maximum atomic E-state index is 11.6. The van der Waals surface area contributed by atoms with Gasteiger partial charge in [0, 0.05) is 11.5 Å². The number of carbonyl (C=O) groups is 1. The molecular formula is C14H15NO4. The molecule has 100 valence electrons. The van der Waals surface area contributed by atoms with Crippen molar-refractivity contribution in [1.29, 1.82) is 0 Å². The first kappa shape index (κ1) is 13.1. The molecule has 0 saturated carbocycles. The average Bonchev–Trinajstić information content (AvgIpc) is 2.40. The number of fused-ring (bicyclic) bond motifs is 1. The maximum Gasteiger partial charge on any atom is 0.259 e. The van der Waals surface area contributed by atoms with Gasteiger partial charge < -0.3 is 14.5 Å². The Bertz CT molecular complexity index is 660. The van der Waals surface area contributed by atoms with Gasteiger partial charge >= 0.3 is 0 Å². The van der Waals surface area contributed by atoms with E-state index in [9.17, 15) is 9.59 Å². The molecule has 1 N–H and O–H groups in total. The van der Waals surface area contributed by atoms with Crippen LogP contribution in [0.15, 0.2) is 23.0 Å². The molecule has 1 aromatic heterocycles. The monoisotopic (exact) mass is 261 g/mol. The van der Waals surface area contributed by atoms with Gasteiger partial charge in [-0.3, -0.25) is 9.59 Å². The van der Waals surface area contributed by atoms with Crippen LogP contribution in [0.3, 0.4) is 0 Å². The van der Waals surface area contributed by atoms with E-state index in [4.69, 9.17) is 9.47 Å². The van der Waals surface area contributed by atoms with Crippen LogP contribution in [0.5, 0.6) is 11.5 Å². The number of nitrogens with one attached hydrogen (secondary N) is 1. The topological polar surface area (TPSA) is 68.4 Å².